The molecule has 11 nitrogen and oxygen atoms in total. The van der Waals surface area contributed by atoms with Crippen LogP contribution in [-0.4, -0.2) is 59.9 Å². The van der Waals surface area contributed by atoms with Crippen LogP contribution in [0.1, 0.15) is 75.8 Å². The smallest absolute Gasteiger partial charge is 0.519 e. The van der Waals surface area contributed by atoms with Crippen LogP contribution in [0, 0.1) is 0 Å². The van der Waals surface area contributed by atoms with E-state index in [9.17, 15) is 14.4 Å². The number of carbonyl (C=O) groups excluding carboxylic acids is 2. The number of nitrogens with zero attached hydrogens (tertiary/aromatic N) is 2. The van der Waals surface area contributed by atoms with Crippen molar-refractivity contribution < 1.29 is 23.3 Å². The van der Waals surface area contributed by atoms with E-state index in [1.807, 2.05) is 58.3 Å². The molecule has 6 aromatic rings. The second-order valence-corrected chi connectivity index (χ2v) is 15.2. The molecule has 0 bridgehead atoms. The quantitative estimate of drug-likeness (QED) is 0.139. The Morgan fingerprint density at radius 3 is 2.04 bits per heavy atom. The lowest BCUT2D eigenvalue weighted by atomic mass is 9.77. The summed E-state index contributed by atoms with van der Waals surface area (Å²) in [6.45, 7) is 3.63. The van der Waals surface area contributed by atoms with Crippen molar-refractivity contribution in [3.05, 3.63) is 135 Å². The summed E-state index contributed by atoms with van der Waals surface area (Å²) >= 11 is 0. The Morgan fingerprint density at radius 1 is 0.732 bits per heavy atom. The molecule has 9 rings (SSSR count). The molecule has 5 N–H and O–H groups in total. The van der Waals surface area contributed by atoms with E-state index >= 15 is 0 Å². The second-order valence-electron chi connectivity index (χ2n) is 15.2. The molecule has 12 heteroatoms. The summed E-state index contributed by atoms with van der Waals surface area (Å²) in [5.74, 6) is 1.43. The highest BCUT2D eigenvalue weighted by Crippen LogP contribution is 2.41. The lowest BCUT2D eigenvalue weighted by molar-refractivity contribution is -0.131. The van der Waals surface area contributed by atoms with Crippen molar-refractivity contribution in [3.63, 3.8) is 0 Å². The van der Waals surface area contributed by atoms with E-state index in [0.717, 1.165) is 53.2 Å². The van der Waals surface area contributed by atoms with Crippen LogP contribution >= 0.6 is 0 Å². The fourth-order valence-corrected chi connectivity index (χ4v) is 8.74. The summed E-state index contributed by atoms with van der Waals surface area (Å²) in [6.07, 6.45) is 3.57. The Balaban J connectivity index is 0.892. The molecular weight excluding hydrogens is 705 g/mol. The fraction of sp³-hybridized carbons (Fsp3) is 0.295. The van der Waals surface area contributed by atoms with Gasteiger partial charge in [0.05, 0.1) is 6.42 Å². The van der Waals surface area contributed by atoms with Crippen molar-refractivity contribution in [2.45, 2.75) is 57.0 Å². The number of H-pyrrole nitrogens is 1. The van der Waals surface area contributed by atoms with Crippen LogP contribution in [0.15, 0.2) is 100 Å². The van der Waals surface area contributed by atoms with Gasteiger partial charge < -0.3 is 40.0 Å². The molecule has 5 heterocycles. The summed E-state index contributed by atoms with van der Waals surface area (Å²) in [6, 6.07) is 29.4. The van der Waals surface area contributed by atoms with Gasteiger partial charge in [0, 0.05) is 67.1 Å². The Bertz CT molecular complexity index is 2520. The molecule has 0 atom stereocenters. The van der Waals surface area contributed by atoms with E-state index in [-0.39, 0.29) is 23.8 Å². The van der Waals surface area contributed by atoms with Gasteiger partial charge >= 0.3 is 12.7 Å². The molecule has 0 radical (unpaired) electrons. The number of piperidine rings is 2. The molecule has 3 aliphatic rings. The molecule has 2 aromatic heterocycles. The van der Waals surface area contributed by atoms with Crippen LogP contribution in [0.3, 0.4) is 0 Å². The molecule has 2 saturated heterocycles. The number of benzene rings is 4. The molecule has 2 fully saturated rings. The predicted molar refractivity (Wildman–Crippen MR) is 216 cm³/mol. The number of hydrogen-bond donors (Lipinski definition) is 3. The summed E-state index contributed by atoms with van der Waals surface area (Å²) in [4.78, 5) is 47.4. The first-order valence-corrected chi connectivity index (χ1v) is 19.5. The number of rotatable bonds is 8. The molecule has 2 amide bonds. The zero-order valence-corrected chi connectivity index (χ0v) is 31.2. The second kappa shape index (κ2) is 15.0. The highest BCUT2D eigenvalue weighted by molar-refractivity contribution is 6.66. The number of carbonyl (C=O) groups is 2. The SMILES string of the molecule is NCc1cccc(C2CCN(C(=O)Cc3cc(=O)oc4c5c(ccc34)OB(c3cccc4[nH]c(C(=O)N6CCC(c7cccc(CN)c7)CC6)cc34)O5)CC2)c1. The predicted octanol–water partition coefficient (Wildman–Crippen LogP) is 5.33. The van der Waals surface area contributed by atoms with E-state index in [2.05, 4.69) is 35.3 Å². The van der Waals surface area contributed by atoms with E-state index in [1.165, 1.54) is 17.2 Å². The van der Waals surface area contributed by atoms with E-state index in [4.69, 9.17) is 25.2 Å². The molecule has 3 aliphatic heterocycles. The molecular formula is C44H44BN5O6. The molecule has 56 heavy (non-hydrogen) atoms. The summed E-state index contributed by atoms with van der Waals surface area (Å²) in [5.41, 5.74) is 18.8. The van der Waals surface area contributed by atoms with Crippen molar-refractivity contribution in [3.8, 4) is 11.5 Å². The normalized spacial score (nSPS) is 16.3. The van der Waals surface area contributed by atoms with Gasteiger partial charge in [-0.25, -0.2) is 4.79 Å². The Hall–Kier alpha value is -5.85. The van der Waals surface area contributed by atoms with Gasteiger partial charge in [-0.1, -0.05) is 60.7 Å². The third kappa shape index (κ3) is 6.84. The van der Waals surface area contributed by atoms with Crippen molar-refractivity contribution in [1.82, 2.24) is 14.8 Å². The Morgan fingerprint density at radius 2 is 1.38 bits per heavy atom. The molecule has 0 saturated carbocycles. The first-order chi connectivity index (χ1) is 27.3. The Labute approximate surface area is 324 Å². The highest BCUT2D eigenvalue weighted by atomic mass is 16.6. The average Bonchev–Trinajstić information content (AvgIpc) is 3.89. The third-order valence-corrected chi connectivity index (χ3v) is 11.8. The van der Waals surface area contributed by atoms with Gasteiger partial charge in [-0.2, -0.15) is 0 Å². The summed E-state index contributed by atoms with van der Waals surface area (Å²) in [7, 11) is -0.847. The van der Waals surface area contributed by atoms with Gasteiger partial charge in [0.15, 0.2) is 11.3 Å². The van der Waals surface area contributed by atoms with Gasteiger partial charge in [-0.15, -0.1) is 0 Å². The number of fused-ring (bicyclic) bond motifs is 4. The molecule has 0 aliphatic carbocycles. The zero-order chi connectivity index (χ0) is 38.3. The standard InChI is InChI=1S/C44H44BN5O6/c46-25-27-4-1-6-31(20-27)29-12-16-49(17-13-29)40(51)22-33-23-41(52)54-42-34(33)10-11-39-43(42)56-45(55-39)36-8-3-9-37-35(36)24-38(48-37)44(53)50-18-14-30(15-19-50)32-7-2-5-28(21-32)26-47/h1-11,20-21,23-24,29-30,48H,12-19,22,25-26,46-47H2. The highest BCUT2D eigenvalue weighted by Gasteiger charge is 2.38. The molecule has 0 unspecified atom stereocenters. The number of amides is 2. The van der Waals surface area contributed by atoms with Crippen LogP contribution in [0.25, 0.3) is 21.9 Å². The number of likely N-dealkylation sites (tertiary alicyclic amines) is 2. The number of nitrogens with one attached hydrogen (secondary N) is 1. The minimum Gasteiger partial charge on any atom is -0.519 e. The van der Waals surface area contributed by atoms with Crippen LogP contribution in [0.5, 0.6) is 11.5 Å². The Kier molecular flexibility index (Phi) is 9.60. The lowest BCUT2D eigenvalue weighted by Crippen LogP contribution is -2.39. The van der Waals surface area contributed by atoms with Crippen molar-refractivity contribution in [1.29, 1.82) is 0 Å². The number of aromatic nitrogens is 1. The first-order valence-electron chi connectivity index (χ1n) is 19.5. The maximum absolute atomic E-state index is 13.7. The minimum atomic E-state index is -0.847. The topological polar surface area (TPSA) is 157 Å². The first kappa shape index (κ1) is 35.8. The monoisotopic (exact) mass is 749 g/mol. The fourth-order valence-electron chi connectivity index (χ4n) is 8.74. The number of hydrogen-bond acceptors (Lipinski definition) is 8. The number of aromatic amines is 1. The van der Waals surface area contributed by atoms with Gasteiger partial charge in [0.2, 0.25) is 5.91 Å². The van der Waals surface area contributed by atoms with Crippen molar-refractivity contribution >= 4 is 46.3 Å². The average molecular weight is 750 g/mol. The van der Waals surface area contributed by atoms with Crippen LogP contribution in [0.4, 0.5) is 0 Å². The van der Waals surface area contributed by atoms with E-state index in [0.29, 0.717) is 79.2 Å². The van der Waals surface area contributed by atoms with Crippen molar-refractivity contribution in [2.24, 2.45) is 11.5 Å². The molecule has 0 spiro atoms. The van der Waals surface area contributed by atoms with Gasteiger partial charge in [-0.3, -0.25) is 9.59 Å². The van der Waals surface area contributed by atoms with Gasteiger partial charge in [-0.05, 0) is 89.6 Å². The largest absolute Gasteiger partial charge is 0.633 e. The van der Waals surface area contributed by atoms with Crippen LogP contribution in [0.2, 0.25) is 0 Å². The van der Waals surface area contributed by atoms with Crippen LogP contribution in [-0.2, 0) is 24.3 Å². The molecule has 284 valence electrons. The number of nitrogens with two attached hydrogens (primary N) is 2. The summed E-state index contributed by atoms with van der Waals surface area (Å²) < 4.78 is 18.4. The molecule has 4 aromatic carbocycles. The maximum Gasteiger partial charge on any atom is 0.633 e. The zero-order valence-electron chi connectivity index (χ0n) is 31.2. The van der Waals surface area contributed by atoms with Gasteiger partial charge in [0.25, 0.3) is 5.91 Å². The van der Waals surface area contributed by atoms with Crippen molar-refractivity contribution in [2.75, 3.05) is 26.2 Å². The van der Waals surface area contributed by atoms with E-state index in [1.54, 1.807) is 6.07 Å². The maximum atomic E-state index is 13.7. The van der Waals surface area contributed by atoms with Crippen LogP contribution < -0.4 is 31.9 Å². The summed E-state index contributed by atoms with van der Waals surface area (Å²) in [5, 5.41) is 1.42. The minimum absolute atomic E-state index is 0.0345. The van der Waals surface area contributed by atoms with E-state index < -0.39 is 12.7 Å². The lowest BCUT2D eigenvalue weighted by Gasteiger charge is -2.32. The third-order valence-electron chi connectivity index (χ3n) is 11.8. The van der Waals surface area contributed by atoms with Gasteiger partial charge in [0.1, 0.15) is 11.4 Å².